The number of aliphatic carboxylic acids is 1. The van der Waals surface area contributed by atoms with Crippen molar-refractivity contribution >= 4 is 41.0 Å². The Morgan fingerprint density at radius 3 is 2.52 bits per heavy atom. The number of amides is 2. The van der Waals surface area contributed by atoms with Gasteiger partial charge in [0.05, 0.1) is 21.5 Å². The Bertz CT molecular complexity index is 644. The zero-order valence-corrected chi connectivity index (χ0v) is 13.8. The van der Waals surface area contributed by atoms with Crippen molar-refractivity contribution < 1.29 is 19.5 Å². The van der Waals surface area contributed by atoms with Crippen molar-refractivity contribution in [2.75, 3.05) is 0 Å². The number of carbonyl (C=O) groups is 3. The Kier molecular flexibility index (Phi) is 5.49. The lowest BCUT2D eigenvalue weighted by molar-refractivity contribution is -0.146. The molecule has 2 rings (SSSR count). The van der Waals surface area contributed by atoms with Gasteiger partial charge in [-0.05, 0) is 31.9 Å². The van der Waals surface area contributed by atoms with Crippen LogP contribution >= 0.6 is 23.2 Å². The zero-order chi connectivity index (χ0) is 17.1. The second-order valence-electron chi connectivity index (χ2n) is 5.51. The van der Waals surface area contributed by atoms with Crippen molar-refractivity contribution in [1.29, 1.82) is 0 Å². The minimum Gasteiger partial charge on any atom is -0.481 e. The fraction of sp³-hybridized carbons (Fsp3) is 0.400. The molecule has 1 aliphatic carbocycles. The van der Waals surface area contributed by atoms with E-state index in [0.29, 0.717) is 12.8 Å². The number of carboxylic acid groups (broad SMARTS) is 1. The van der Waals surface area contributed by atoms with Gasteiger partial charge < -0.3 is 15.7 Å². The number of benzene rings is 1. The first kappa shape index (κ1) is 17.6. The zero-order valence-electron chi connectivity index (χ0n) is 12.3. The summed E-state index contributed by atoms with van der Waals surface area (Å²) in [6.45, 7) is 1.54. The number of halogens is 2. The lowest BCUT2D eigenvalue weighted by Gasteiger charge is -2.33. The van der Waals surface area contributed by atoms with Crippen LogP contribution < -0.4 is 10.6 Å². The van der Waals surface area contributed by atoms with Crippen LogP contribution in [0.2, 0.25) is 10.0 Å². The highest BCUT2D eigenvalue weighted by atomic mass is 35.5. The minimum absolute atomic E-state index is 0.127. The Morgan fingerprint density at radius 2 is 1.91 bits per heavy atom. The van der Waals surface area contributed by atoms with E-state index >= 15 is 0 Å². The Balaban J connectivity index is 1.87. The van der Waals surface area contributed by atoms with Gasteiger partial charge >= 0.3 is 5.97 Å². The average Bonchev–Trinajstić information content (AvgIpc) is 2.44. The van der Waals surface area contributed by atoms with Gasteiger partial charge in [-0.1, -0.05) is 29.3 Å². The quantitative estimate of drug-likeness (QED) is 0.750. The van der Waals surface area contributed by atoms with Gasteiger partial charge in [0.25, 0.3) is 5.91 Å². The molecule has 124 valence electrons. The molecular weight excluding hydrogens is 343 g/mol. The Hall–Kier alpha value is -1.79. The van der Waals surface area contributed by atoms with E-state index in [-0.39, 0.29) is 27.6 Å². The van der Waals surface area contributed by atoms with Gasteiger partial charge in [-0.25, -0.2) is 0 Å². The number of rotatable bonds is 5. The van der Waals surface area contributed by atoms with Crippen LogP contribution in [0.15, 0.2) is 18.2 Å². The van der Waals surface area contributed by atoms with Gasteiger partial charge in [0.15, 0.2) is 0 Å². The van der Waals surface area contributed by atoms with Crippen LogP contribution in [0, 0.1) is 5.92 Å². The van der Waals surface area contributed by atoms with E-state index < -0.39 is 23.8 Å². The van der Waals surface area contributed by atoms with Crippen molar-refractivity contribution in [3.8, 4) is 0 Å². The lowest BCUT2D eigenvalue weighted by Crippen LogP contribution is -2.52. The number of carbonyl (C=O) groups excluding carboxylic acids is 2. The third-order valence-corrected chi connectivity index (χ3v) is 4.59. The van der Waals surface area contributed by atoms with Gasteiger partial charge in [-0.3, -0.25) is 14.4 Å². The summed E-state index contributed by atoms with van der Waals surface area (Å²) in [4.78, 5) is 34.9. The second kappa shape index (κ2) is 7.19. The molecule has 0 radical (unpaired) electrons. The van der Waals surface area contributed by atoms with E-state index in [0.717, 1.165) is 0 Å². The Morgan fingerprint density at radius 1 is 1.26 bits per heavy atom. The van der Waals surface area contributed by atoms with E-state index in [9.17, 15) is 14.4 Å². The predicted octanol–water partition coefficient (Wildman–Crippen LogP) is 2.09. The van der Waals surface area contributed by atoms with Gasteiger partial charge in [-0.15, -0.1) is 0 Å². The monoisotopic (exact) mass is 358 g/mol. The molecule has 0 aliphatic heterocycles. The SMILES string of the molecule is CC(NC(=O)c1cccc(Cl)c1Cl)C(=O)N[C@H]1C[C@@H](C(=O)O)C1. The molecule has 0 heterocycles. The molecule has 6 nitrogen and oxygen atoms in total. The van der Waals surface area contributed by atoms with E-state index in [1.165, 1.54) is 6.07 Å². The highest BCUT2D eigenvalue weighted by Gasteiger charge is 2.36. The van der Waals surface area contributed by atoms with Crippen molar-refractivity contribution in [2.45, 2.75) is 31.8 Å². The fourth-order valence-electron chi connectivity index (χ4n) is 2.28. The van der Waals surface area contributed by atoms with Crippen LogP contribution in [0.4, 0.5) is 0 Å². The first-order valence-electron chi connectivity index (χ1n) is 7.07. The number of carboxylic acids is 1. The molecule has 23 heavy (non-hydrogen) atoms. The molecule has 8 heteroatoms. The van der Waals surface area contributed by atoms with Crippen LogP contribution in [0.5, 0.6) is 0 Å². The molecule has 0 bridgehead atoms. The number of hydrogen-bond donors (Lipinski definition) is 3. The van der Waals surface area contributed by atoms with Crippen LogP contribution in [0.25, 0.3) is 0 Å². The lowest BCUT2D eigenvalue weighted by atomic mass is 9.80. The van der Waals surface area contributed by atoms with Crippen molar-refractivity contribution in [2.24, 2.45) is 5.92 Å². The summed E-state index contributed by atoms with van der Waals surface area (Å²) in [5, 5.41) is 14.4. The molecule has 1 saturated carbocycles. The third kappa shape index (κ3) is 4.14. The summed E-state index contributed by atoms with van der Waals surface area (Å²) in [6.07, 6.45) is 0.809. The summed E-state index contributed by atoms with van der Waals surface area (Å²) in [7, 11) is 0. The van der Waals surface area contributed by atoms with Crippen molar-refractivity contribution in [3.05, 3.63) is 33.8 Å². The molecule has 1 aromatic carbocycles. The third-order valence-electron chi connectivity index (χ3n) is 3.77. The normalized spacial score (nSPS) is 21.0. The van der Waals surface area contributed by atoms with Crippen LogP contribution in [-0.4, -0.2) is 35.0 Å². The van der Waals surface area contributed by atoms with E-state index in [1.807, 2.05) is 0 Å². The maximum atomic E-state index is 12.1. The van der Waals surface area contributed by atoms with Crippen LogP contribution in [0.1, 0.15) is 30.1 Å². The van der Waals surface area contributed by atoms with Crippen molar-refractivity contribution in [3.63, 3.8) is 0 Å². The largest absolute Gasteiger partial charge is 0.481 e. The second-order valence-corrected chi connectivity index (χ2v) is 6.29. The number of nitrogens with one attached hydrogen (secondary N) is 2. The highest BCUT2D eigenvalue weighted by molar-refractivity contribution is 6.43. The molecular formula is C15H16Cl2N2O4. The van der Waals surface area contributed by atoms with E-state index in [4.69, 9.17) is 28.3 Å². The molecule has 1 aliphatic rings. The Labute approximate surface area is 143 Å². The summed E-state index contributed by atoms with van der Waals surface area (Å²) in [5.41, 5.74) is 0.188. The average molecular weight is 359 g/mol. The molecule has 1 unspecified atom stereocenters. The smallest absolute Gasteiger partial charge is 0.306 e. The van der Waals surface area contributed by atoms with Gasteiger partial charge in [0, 0.05) is 6.04 Å². The molecule has 0 spiro atoms. The topological polar surface area (TPSA) is 95.5 Å². The molecule has 1 atom stereocenters. The molecule has 1 aromatic rings. The number of hydrogen-bond acceptors (Lipinski definition) is 3. The molecule has 1 fully saturated rings. The van der Waals surface area contributed by atoms with E-state index in [1.54, 1.807) is 19.1 Å². The standard InChI is InChI=1S/C15H16Cl2N2O4/c1-7(13(20)19-9-5-8(6-9)15(22)23)18-14(21)10-3-2-4-11(16)12(10)17/h2-4,7-9H,5-6H2,1H3,(H,18,21)(H,19,20)(H,22,23)/t7?,8-,9+. The first-order valence-corrected chi connectivity index (χ1v) is 7.83. The minimum atomic E-state index is -0.854. The highest BCUT2D eigenvalue weighted by Crippen LogP contribution is 2.27. The molecule has 0 saturated heterocycles. The van der Waals surface area contributed by atoms with Gasteiger partial charge in [0.1, 0.15) is 6.04 Å². The maximum Gasteiger partial charge on any atom is 0.306 e. The summed E-state index contributed by atoms with van der Waals surface area (Å²) in [6, 6.07) is 3.72. The van der Waals surface area contributed by atoms with Gasteiger partial charge in [-0.2, -0.15) is 0 Å². The maximum absolute atomic E-state index is 12.1. The van der Waals surface area contributed by atoms with Gasteiger partial charge in [0.2, 0.25) is 5.91 Å². The van der Waals surface area contributed by atoms with Crippen molar-refractivity contribution in [1.82, 2.24) is 10.6 Å². The fourth-order valence-corrected chi connectivity index (χ4v) is 2.67. The molecule has 2 amide bonds. The molecule has 0 aromatic heterocycles. The first-order chi connectivity index (χ1) is 10.8. The summed E-state index contributed by atoms with van der Waals surface area (Å²) < 4.78 is 0. The van der Waals surface area contributed by atoms with Crippen LogP contribution in [-0.2, 0) is 9.59 Å². The summed E-state index contributed by atoms with van der Waals surface area (Å²) >= 11 is 11.8. The molecule has 3 N–H and O–H groups in total. The summed E-state index contributed by atoms with van der Waals surface area (Å²) in [5.74, 6) is -2.13. The van der Waals surface area contributed by atoms with E-state index in [2.05, 4.69) is 10.6 Å². The predicted molar refractivity (Wildman–Crippen MR) is 85.7 cm³/mol. The van der Waals surface area contributed by atoms with Crippen LogP contribution in [0.3, 0.4) is 0 Å².